The molecule has 0 saturated carbocycles. The lowest BCUT2D eigenvalue weighted by molar-refractivity contribution is -0.120. The van der Waals surface area contributed by atoms with Crippen molar-refractivity contribution >= 4 is 29.4 Å². The Morgan fingerprint density at radius 3 is 2.09 bits per heavy atom. The SMILES string of the molecule is CCOC(=O)c1cccc(N2C(=O)C=CC2=O)c1C(=O)OCC. The number of rotatable bonds is 5. The molecule has 0 spiro atoms. The average molecular weight is 317 g/mol. The van der Waals surface area contributed by atoms with E-state index in [2.05, 4.69) is 0 Å². The summed E-state index contributed by atoms with van der Waals surface area (Å²) < 4.78 is 9.87. The molecule has 1 aromatic carbocycles. The molecule has 120 valence electrons. The first-order chi connectivity index (χ1) is 11.0. The molecule has 0 aromatic heterocycles. The zero-order valence-corrected chi connectivity index (χ0v) is 12.7. The molecule has 0 bridgehead atoms. The number of anilines is 1. The van der Waals surface area contributed by atoms with Gasteiger partial charge in [0.2, 0.25) is 0 Å². The van der Waals surface area contributed by atoms with E-state index in [0.717, 1.165) is 17.1 Å². The second kappa shape index (κ2) is 6.87. The average Bonchev–Trinajstić information content (AvgIpc) is 2.86. The van der Waals surface area contributed by atoms with Crippen molar-refractivity contribution in [2.75, 3.05) is 18.1 Å². The molecule has 0 atom stereocenters. The van der Waals surface area contributed by atoms with E-state index < -0.39 is 23.8 Å². The molecular weight excluding hydrogens is 302 g/mol. The first-order valence-corrected chi connectivity index (χ1v) is 7.04. The summed E-state index contributed by atoms with van der Waals surface area (Å²) >= 11 is 0. The molecule has 0 fully saturated rings. The Bertz CT molecular complexity index is 689. The van der Waals surface area contributed by atoms with Crippen molar-refractivity contribution in [3.63, 3.8) is 0 Å². The minimum Gasteiger partial charge on any atom is -0.462 e. The van der Waals surface area contributed by atoms with Gasteiger partial charge in [-0.15, -0.1) is 0 Å². The van der Waals surface area contributed by atoms with E-state index in [4.69, 9.17) is 9.47 Å². The first kappa shape index (κ1) is 16.4. The van der Waals surface area contributed by atoms with Gasteiger partial charge in [-0.25, -0.2) is 14.5 Å². The summed E-state index contributed by atoms with van der Waals surface area (Å²) in [4.78, 5) is 48.9. The summed E-state index contributed by atoms with van der Waals surface area (Å²) in [7, 11) is 0. The third-order valence-electron chi connectivity index (χ3n) is 3.07. The molecular formula is C16H15NO6. The number of ether oxygens (including phenoxy) is 2. The van der Waals surface area contributed by atoms with E-state index in [-0.39, 0.29) is 30.0 Å². The van der Waals surface area contributed by atoms with Crippen molar-refractivity contribution in [1.29, 1.82) is 0 Å². The second-order valence-electron chi connectivity index (χ2n) is 4.49. The van der Waals surface area contributed by atoms with Crippen LogP contribution in [0.2, 0.25) is 0 Å². The van der Waals surface area contributed by atoms with Gasteiger partial charge in [-0.2, -0.15) is 0 Å². The Labute approximate surface area is 132 Å². The maximum Gasteiger partial charge on any atom is 0.341 e. The van der Waals surface area contributed by atoms with Gasteiger partial charge >= 0.3 is 11.9 Å². The minimum atomic E-state index is -0.807. The molecule has 7 heteroatoms. The summed E-state index contributed by atoms with van der Waals surface area (Å²) in [6.45, 7) is 3.44. The standard InChI is InChI=1S/C16H15NO6/c1-3-22-15(20)10-6-5-7-11(14(10)16(21)23-4-2)17-12(18)8-9-13(17)19/h5-9H,3-4H2,1-2H3. The lowest BCUT2D eigenvalue weighted by Crippen LogP contribution is -2.32. The molecule has 1 aliphatic heterocycles. The van der Waals surface area contributed by atoms with E-state index in [9.17, 15) is 19.2 Å². The number of carbonyl (C=O) groups excluding carboxylic acids is 4. The molecule has 0 radical (unpaired) electrons. The zero-order valence-electron chi connectivity index (χ0n) is 12.7. The van der Waals surface area contributed by atoms with Crippen molar-refractivity contribution in [2.24, 2.45) is 0 Å². The molecule has 1 aliphatic rings. The van der Waals surface area contributed by atoms with Crippen LogP contribution in [0.4, 0.5) is 5.69 Å². The number of nitrogens with zero attached hydrogens (tertiary/aromatic N) is 1. The Kier molecular flexibility index (Phi) is 4.90. The van der Waals surface area contributed by atoms with Crippen LogP contribution < -0.4 is 4.90 Å². The highest BCUT2D eigenvalue weighted by Gasteiger charge is 2.32. The quantitative estimate of drug-likeness (QED) is 0.603. The van der Waals surface area contributed by atoms with Crippen molar-refractivity contribution in [1.82, 2.24) is 0 Å². The molecule has 0 unspecified atom stereocenters. The Morgan fingerprint density at radius 1 is 0.957 bits per heavy atom. The molecule has 2 amide bonds. The van der Waals surface area contributed by atoms with E-state index in [1.807, 2.05) is 0 Å². The molecule has 1 heterocycles. The Balaban J connectivity index is 2.60. The highest BCUT2D eigenvalue weighted by atomic mass is 16.5. The number of benzene rings is 1. The molecule has 0 aliphatic carbocycles. The Hall–Kier alpha value is -2.96. The predicted molar refractivity (Wildman–Crippen MR) is 80.0 cm³/mol. The van der Waals surface area contributed by atoms with Crippen LogP contribution in [0.15, 0.2) is 30.4 Å². The first-order valence-electron chi connectivity index (χ1n) is 7.04. The largest absolute Gasteiger partial charge is 0.462 e. The number of amides is 2. The number of carbonyl (C=O) groups is 4. The van der Waals surface area contributed by atoms with Crippen molar-refractivity contribution < 1.29 is 28.7 Å². The van der Waals surface area contributed by atoms with Gasteiger partial charge in [0.15, 0.2) is 0 Å². The van der Waals surface area contributed by atoms with Crippen molar-refractivity contribution in [3.05, 3.63) is 41.5 Å². The van der Waals surface area contributed by atoms with Crippen LogP contribution in [0.3, 0.4) is 0 Å². The molecule has 0 saturated heterocycles. The zero-order chi connectivity index (χ0) is 17.0. The minimum absolute atomic E-state index is 0.00555. The fraction of sp³-hybridized carbons (Fsp3) is 0.250. The number of hydrogen-bond donors (Lipinski definition) is 0. The van der Waals surface area contributed by atoms with E-state index >= 15 is 0 Å². The third-order valence-corrected chi connectivity index (χ3v) is 3.07. The fourth-order valence-electron chi connectivity index (χ4n) is 2.16. The molecule has 1 aromatic rings. The highest BCUT2D eigenvalue weighted by molar-refractivity contribution is 6.29. The fourth-order valence-corrected chi connectivity index (χ4v) is 2.16. The van der Waals surface area contributed by atoms with Crippen molar-refractivity contribution in [3.8, 4) is 0 Å². The number of hydrogen-bond acceptors (Lipinski definition) is 6. The van der Waals surface area contributed by atoms with Crippen LogP contribution in [0, 0.1) is 0 Å². The van der Waals surface area contributed by atoms with Gasteiger partial charge in [0.05, 0.1) is 30.0 Å². The predicted octanol–water partition coefficient (Wildman–Crippen LogP) is 1.47. The summed E-state index contributed by atoms with van der Waals surface area (Å²) in [5, 5.41) is 0. The molecule has 0 N–H and O–H groups in total. The monoisotopic (exact) mass is 317 g/mol. The summed E-state index contributed by atoms with van der Waals surface area (Å²) in [5.74, 6) is -2.73. The van der Waals surface area contributed by atoms with Gasteiger partial charge in [-0.1, -0.05) is 6.07 Å². The lowest BCUT2D eigenvalue weighted by Gasteiger charge is -2.19. The topological polar surface area (TPSA) is 90.0 Å². The van der Waals surface area contributed by atoms with E-state index in [1.54, 1.807) is 13.8 Å². The van der Waals surface area contributed by atoms with Gasteiger partial charge < -0.3 is 9.47 Å². The summed E-state index contributed by atoms with van der Waals surface area (Å²) in [5.41, 5.74) is -0.234. The third kappa shape index (κ3) is 3.13. The summed E-state index contributed by atoms with van der Waals surface area (Å²) in [6, 6.07) is 4.24. The van der Waals surface area contributed by atoms with Crippen LogP contribution in [0.25, 0.3) is 0 Å². The lowest BCUT2D eigenvalue weighted by atomic mass is 10.0. The molecule has 7 nitrogen and oxygen atoms in total. The van der Waals surface area contributed by atoms with Gasteiger partial charge in [0, 0.05) is 12.2 Å². The van der Waals surface area contributed by atoms with Crippen LogP contribution in [-0.4, -0.2) is 37.0 Å². The van der Waals surface area contributed by atoms with Crippen molar-refractivity contribution in [2.45, 2.75) is 13.8 Å². The van der Waals surface area contributed by atoms with Gasteiger partial charge in [0.25, 0.3) is 11.8 Å². The summed E-state index contributed by atoms with van der Waals surface area (Å²) in [6.07, 6.45) is 2.18. The smallest absolute Gasteiger partial charge is 0.341 e. The van der Waals surface area contributed by atoms with Gasteiger partial charge in [-0.3, -0.25) is 9.59 Å². The van der Waals surface area contributed by atoms with Crippen LogP contribution in [0.5, 0.6) is 0 Å². The second-order valence-corrected chi connectivity index (χ2v) is 4.49. The van der Waals surface area contributed by atoms with E-state index in [0.29, 0.717) is 0 Å². The Morgan fingerprint density at radius 2 is 1.52 bits per heavy atom. The van der Waals surface area contributed by atoms with Crippen LogP contribution in [-0.2, 0) is 19.1 Å². The normalized spacial score (nSPS) is 13.4. The van der Waals surface area contributed by atoms with Gasteiger partial charge in [-0.05, 0) is 26.0 Å². The number of imide groups is 1. The molecule has 23 heavy (non-hydrogen) atoms. The highest BCUT2D eigenvalue weighted by Crippen LogP contribution is 2.28. The maximum absolute atomic E-state index is 12.3. The van der Waals surface area contributed by atoms with Gasteiger partial charge in [0.1, 0.15) is 0 Å². The molecule has 2 rings (SSSR count). The number of esters is 2. The van der Waals surface area contributed by atoms with E-state index in [1.165, 1.54) is 18.2 Å². The van der Waals surface area contributed by atoms with Crippen LogP contribution in [0.1, 0.15) is 34.6 Å². The maximum atomic E-state index is 12.3. The van der Waals surface area contributed by atoms with Crippen LogP contribution >= 0.6 is 0 Å².